The van der Waals surface area contributed by atoms with Crippen LogP contribution < -0.4 is 0 Å². The van der Waals surface area contributed by atoms with Crippen LogP contribution in [0.15, 0.2) is 12.3 Å². The third-order valence-electron chi connectivity index (χ3n) is 3.39. The van der Waals surface area contributed by atoms with Gasteiger partial charge in [0.2, 0.25) is 5.91 Å². The lowest BCUT2D eigenvalue weighted by Crippen LogP contribution is -2.33. The minimum atomic E-state index is -0.914. The Labute approximate surface area is 113 Å². The highest BCUT2D eigenvalue weighted by atomic mass is 16.6. The molecule has 2 heterocycles. The first-order valence-corrected chi connectivity index (χ1v) is 6.07. The molecule has 1 saturated heterocycles. The molecular formula is C11H14N4O5. The Kier molecular flexibility index (Phi) is 3.68. The number of nitro groups is 1. The van der Waals surface area contributed by atoms with E-state index in [0.717, 1.165) is 0 Å². The minimum absolute atomic E-state index is 0.108. The fourth-order valence-corrected chi connectivity index (χ4v) is 2.27. The van der Waals surface area contributed by atoms with E-state index < -0.39 is 16.8 Å². The van der Waals surface area contributed by atoms with E-state index >= 15 is 0 Å². The highest BCUT2D eigenvalue weighted by molar-refractivity contribution is 5.78. The number of amides is 1. The second kappa shape index (κ2) is 5.27. The minimum Gasteiger partial charge on any atom is -0.481 e. The summed E-state index contributed by atoms with van der Waals surface area (Å²) in [5, 5.41) is 23.1. The summed E-state index contributed by atoms with van der Waals surface area (Å²) in [6.07, 6.45) is 1.35. The normalized spacial score (nSPS) is 21.9. The van der Waals surface area contributed by atoms with Crippen molar-refractivity contribution in [2.24, 2.45) is 11.8 Å². The smallest absolute Gasteiger partial charge is 0.389 e. The van der Waals surface area contributed by atoms with E-state index in [1.807, 2.05) is 0 Å². The molecule has 1 aliphatic heterocycles. The van der Waals surface area contributed by atoms with Crippen LogP contribution in [0, 0.1) is 22.0 Å². The number of nitrogens with zero attached hydrogens (tertiary/aromatic N) is 4. The number of rotatable bonds is 4. The zero-order valence-electron chi connectivity index (χ0n) is 10.8. The number of carbonyl (C=O) groups is 2. The van der Waals surface area contributed by atoms with Gasteiger partial charge in [-0.1, -0.05) is 6.92 Å². The Balaban J connectivity index is 1.98. The van der Waals surface area contributed by atoms with Gasteiger partial charge in [0.1, 0.15) is 6.54 Å². The predicted octanol–water partition coefficient (Wildman–Crippen LogP) is -0.0296. The van der Waals surface area contributed by atoms with Crippen molar-refractivity contribution in [2.45, 2.75) is 13.5 Å². The monoisotopic (exact) mass is 282 g/mol. The average Bonchev–Trinajstić information content (AvgIpc) is 2.95. The summed E-state index contributed by atoms with van der Waals surface area (Å²) in [6.45, 7) is 2.19. The van der Waals surface area contributed by atoms with Crippen LogP contribution in [0.2, 0.25) is 0 Å². The van der Waals surface area contributed by atoms with Gasteiger partial charge in [-0.2, -0.15) is 4.68 Å². The summed E-state index contributed by atoms with van der Waals surface area (Å²) >= 11 is 0. The van der Waals surface area contributed by atoms with Crippen molar-refractivity contribution in [1.29, 1.82) is 0 Å². The van der Waals surface area contributed by atoms with Gasteiger partial charge in [0, 0.05) is 13.1 Å². The summed E-state index contributed by atoms with van der Waals surface area (Å²) in [5.41, 5.74) is 0. The predicted molar refractivity (Wildman–Crippen MR) is 65.8 cm³/mol. The number of aromatic nitrogens is 2. The van der Waals surface area contributed by atoms with Gasteiger partial charge in [-0.05, 0) is 10.8 Å². The van der Waals surface area contributed by atoms with Crippen LogP contribution in [0.5, 0.6) is 0 Å². The molecule has 1 aromatic rings. The zero-order valence-corrected chi connectivity index (χ0v) is 10.8. The van der Waals surface area contributed by atoms with Gasteiger partial charge in [-0.15, -0.1) is 0 Å². The largest absolute Gasteiger partial charge is 0.481 e. The maximum Gasteiger partial charge on any atom is 0.389 e. The number of carboxylic acid groups (broad SMARTS) is 1. The number of carboxylic acids is 1. The van der Waals surface area contributed by atoms with Crippen LogP contribution in [0.4, 0.5) is 5.82 Å². The Morgan fingerprint density at radius 1 is 1.55 bits per heavy atom. The van der Waals surface area contributed by atoms with Crippen molar-refractivity contribution >= 4 is 17.7 Å². The van der Waals surface area contributed by atoms with E-state index in [4.69, 9.17) is 5.11 Å². The molecule has 2 rings (SSSR count). The first-order chi connectivity index (χ1) is 9.38. The van der Waals surface area contributed by atoms with Crippen molar-refractivity contribution in [3.05, 3.63) is 22.4 Å². The quantitative estimate of drug-likeness (QED) is 0.612. The number of hydrogen-bond acceptors (Lipinski definition) is 5. The third-order valence-corrected chi connectivity index (χ3v) is 3.39. The molecule has 2 unspecified atom stereocenters. The molecule has 108 valence electrons. The molecule has 0 aliphatic carbocycles. The van der Waals surface area contributed by atoms with Gasteiger partial charge in [0.05, 0.1) is 23.3 Å². The van der Waals surface area contributed by atoms with Crippen LogP contribution in [0.3, 0.4) is 0 Å². The number of aliphatic carboxylic acids is 1. The van der Waals surface area contributed by atoms with E-state index in [0.29, 0.717) is 6.54 Å². The maximum atomic E-state index is 12.0. The molecule has 9 heteroatoms. The van der Waals surface area contributed by atoms with Crippen LogP contribution in [0.25, 0.3) is 0 Å². The van der Waals surface area contributed by atoms with Crippen LogP contribution in [-0.2, 0) is 16.1 Å². The van der Waals surface area contributed by atoms with Gasteiger partial charge in [-0.3, -0.25) is 9.59 Å². The summed E-state index contributed by atoms with van der Waals surface area (Å²) in [5.74, 6) is -2.20. The fraction of sp³-hybridized carbons (Fsp3) is 0.545. The van der Waals surface area contributed by atoms with E-state index in [1.165, 1.54) is 21.8 Å². The highest BCUT2D eigenvalue weighted by Crippen LogP contribution is 2.23. The van der Waals surface area contributed by atoms with Crippen LogP contribution >= 0.6 is 0 Å². The second-order valence-corrected chi connectivity index (χ2v) is 4.85. The van der Waals surface area contributed by atoms with E-state index in [1.54, 1.807) is 6.92 Å². The van der Waals surface area contributed by atoms with Gasteiger partial charge in [0.15, 0.2) is 0 Å². The maximum absolute atomic E-state index is 12.0. The lowest BCUT2D eigenvalue weighted by Gasteiger charge is -2.14. The molecule has 0 bridgehead atoms. The van der Waals surface area contributed by atoms with Crippen molar-refractivity contribution in [1.82, 2.24) is 14.7 Å². The number of carbonyl (C=O) groups excluding carboxylic acids is 1. The van der Waals surface area contributed by atoms with Gasteiger partial charge in [0.25, 0.3) is 0 Å². The fourth-order valence-electron chi connectivity index (χ4n) is 2.27. The molecule has 0 aromatic carbocycles. The zero-order chi connectivity index (χ0) is 14.9. The number of hydrogen-bond donors (Lipinski definition) is 1. The number of likely N-dealkylation sites (tertiary alicyclic amines) is 1. The molecule has 1 amide bonds. The van der Waals surface area contributed by atoms with Gasteiger partial charge < -0.3 is 20.1 Å². The average molecular weight is 282 g/mol. The summed E-state index contributed by atoms with van der Waals surface area (Å²) in [7, 11) is 0. The molecule has 1 aliphatic rings. The van der Waals surface area contributed by atoms with E-state index in [-0.39, 0.29) is 30.7 Å². The molecular weight excluding hydrogens is 268 g/mol. The Morgan fingerprint density at radius 3 is 2.75 bits per heavy atom. The second-order valence-electron chi connectivity index (χ2n) is 4.85. The molecule has 20 heavy (non-hydrogen) atoms. The highest BCUT2D eigenvalue weighted by Gasteiger charge is 2.37. The molecule has 0 spiro atoms. The Morgan fingerprint density at radius 2 is 2.25 bits per heavy atom. The topological polar surface area (TPSA) is 119 Å². The Bertz CT molecular complexity index is 555. The van der Waals surface area contributed by atoms with Crippen LogP contribution in [-0.4, -0.2) is 49.7 Å². The first-order valence-electron chi connectivity index (χ1n) is 6.07. The Hall–Kier alpha value is -2.45. The van der Waals surface area contributed by atoms with E-state index in [9.17, 15) is 19.7 Å². The molecule has 1 aromatic heterocycles. The SMILES string of the molecule is CC1CN(C(=O)Cn2ccc([N+](=O)[O-])n2)CC1C(=O)O. The third kappa shape index (κ3) is 2.76. The molecule has 9 nitrogen and oxygen atoms in total. The van der Waals surface area contributed by atoms with Crippen molar-refractivity contribution < 1.29 is 19.6 Å². The lowest BCUT2D eigenvalue weighted by atomic mass is 9.99. The van der Waals surface area contributed by atoms with E-state index in [2.05, 4.69) is 5.10 Å². The van der Waals surface area contributed by atoms with Gasteiger partial charge >= 0.3 is 11.8 Å². The van der Waals surface area contributed by atoms with Crippen molar-refractivity contribution in [3.63, 3.8) is 0 Å². The van der Waals surface area contributed by atoms with Gasteiger partial charge in [-0.25, -0.2) is 0 Å². The molecule has 0 radical (unpaired) electrons. The van der Waals surface area contributed by atoms with Crippen LogP contribution in [0.1, 0.15) is 6.92 Å². The first kappa shape index (κ1) is 14.0. The lowest BCUT2D eigenvalue weighted by molar-refractivity contribution is -0.389. The summed E-state index contributed by atoms with van der Waals surface area (Å²) < 4.78 is 1.18. The molecule has 0 saturated carbocycles. The summed E-state index contributed by atoms with van der Waals surface area (Å²) in [4.78, 5) is 34.3. The summed E-state index contributed by atoms with van der Waals surface area (Å²) in [6, 6.07) is 1.21. The molecule has 2 atom stereocenters. The van der Waals surface area contributed by atoms with Crippen molar-refractivity contribution in [3.8, 4) is 0 Å². The molecule has 1 N–H and O–H groups in total. The van der Waals surface area contributed by atoms with Crippen molar-refractivity contribution in [2.75, 3.05) is 13.1 Å². The molecule has 1 fully saturated rings. The standard InChI is InChI=1S/C11H14N4O5/c1-7-4-13(5-8(7)11(17)18)10(16)6-14-3-2-9(12-14)15(19)20/h2-3,7-8H,4-6H2,1H3,(H,17,18).